The first-order valence-corrected chi connectivity index (χ1v) is 9.35. The van der Waals surface area contributed by atoms with E-state index in [0.29, 0.717) is 5.84 Å². The molecular weight excluding hydrogens is 354 g/mol. The highest BCUT2D eigenvalue weighted by Gasteiger charge is 2.30. The largest absolute Gasteiger partial charge is 0.354 e. The Balaban J connectivity index is 1.46. The number of nitrogens with zero attached hydrogens (tertiary/aromatic N) is 2. The van der Waals surface area contributed by atoms with Crippen LogP contribution in [-0.4, -0.2) is 60.8 Å². The van der Waals surface area contributed by atoms with Gasteiger partial charge in [-0.25, -0.2) is 4.79 Å². The van der Waals surface area contributed by atoms with Gasteiger partial charge < -0.3 is 15.1 Å². The molecule has 0 bridgehead atoms. The maximum atomic E-state index is 11.8. The van der Waals surface area contributed by atoms with Crippen molar-refractivity contribution < 1.29 is 9.59 Å². The molecule has 2 heterocycles. The molecule has 0 aliphatic carbocycles. The van der Waals surface area contributed by atoms with Gasteiger partial charge in [-0.1, -0.05) is 48.5 Å². The van der Waals surface area contributed by atoms with E-state index in [9.17, 15) is 9.59 Å². The maximum absolute atomic E-state index is 11.8. The standard InChI is InChI=1S/C21H23N5O2/c1-25-10-12-26(13-11-25)19(22)17-8-4-15(5-9-17)14-2-6-16(7-3-14)18-20(27)24-21(28)23-18/h2-9,18,22H,10-13H2,1H3,(H2,23,24,27,28). The number of amides is 3. The van der Waals surface area contributed by atoms with Crippen molar-refractivity contribution in [2.24, 2.45) is 0 Å². The predicted octanol–water partition coefficient (Wildman–Crippen LogP) is 1.81. The van der Waals surface area contributed by atoms with E-state index in [1.807, 2.05) is 48.5 Å². The molecule has 2 fully saturated rings. The van der Waals surface area contributed by atoms with Crippen LogP contribution in [0.15, 0.2) is 48.5 Å². The quantitative estimate of drug-likeness (QED) is 0.432. The van der Waals surface area contributed by atoms with E-state index < -0.39 is 12.1 Å². The number of likely N-dealkylation sites (N-methyl/N-ethyl adjacent to an activating group) is 1. The highest BCUT2D eigenvalue weighted by atomic mass is 16.2. The molecule has 4 rings (SSSR count). The summed E-state index contributed by atoms with van der Waals surface area (Å²) in [6.45, 7) is 3.71. The van der Waals surface area contributed by atoms with Crippen molar-refractivity contribution in [1.29, 1.82) is 5.41 Å². The third kappa shape index (κ3) is 3.61. The fraction of sp³-hybridized carbons (Fsp3) is 0.286. The summed E-state index contributed by atoms with van der Waals surface area (Å²) in [5.74, 6) is 0.238. The second kappa shape index (κ2) is 7.44. The highest BCUT2D eigenvalue weighted by Crippen LogP contribution is 2.24. The molecular formula is C21H23N5O2. The van der Waals surface area contributed by atoms with Gasteiger partial charge in [0, 0.05) is 31.7 Å². The fourth-order valence-corrected chi connectivity index (χ4v) is 3.55. The summed E-state index contributed by atoms with van der Waals surface area (Å²) in [7, 11) is 2.11. The molecule has 7 heteroatoms. The minimum absolute atomic E-state index is 0.329. The van der Waals surface area contributed by atoms with Crippen molar-refractivity contribution in [3.05, 3.63) is 59.7 Å². The Labute approximate surface area is 163 Å². The first-order chi connectivity index (χ1) is 13.5. The number of hydrogen-bond donors (Lipinski definition) is 3. The van der Waals surface area contributed by atoms with Gasteiger partial charge in [0.25, 0.3) is 5.91 Å². The Bertz CT molecular complexity index is 899. The molecule has 2 aliphatic heterocycles. The lowest BCUT2D eigenvalue weighted by Gasteiger charge is -2.34. The van der Waals surface area contributed by atoms with Gasteiger partial charge in [-0.15, -0.1) is 0 Å². The molecule has 28 heavy (non-hydrogen) atoms. The molecule has 2 aromatic carbocycles. The number of imide groups is 1. The van der Waals surface area contributed by atoms with E-state index in [1.165, 1.54) is 0 Å². The third-order valence-electron chi connectivity index (χ3n) is 5.33. The van der Waals surface area contributed by atoms with Crippen LogP contribution in [-0.2, 0) is 4.79 Å². The van der Waals surface area contributed by atoms with Gasteiger partial charge in [-0.2, -0.15) is 0 Å². The summed E-state index contributed by atoms with van der Waals surface area (Å²) in [6.07, 6.45) is 0. The number of nitrogens with one attached hydrogen (secondary N) is 3. The molecule has 1 atom stereocenters. The number of carbonyl (C=O) groups is 2. The normalized spacial score (nSPS) is 20.0. The van der Waals surface area contributed by atoms with Crippen LogP contribution in [0.25, 0.3) is 11.1 Å². The molecule has 7 nitrogen and oxygen atoms in total. The van der Waals surface area contributed by atoms with Crippen molar-refractivity contribution in [3.63, 3.8) is 0 Å². The first-order valence-electron chi connectivity index (χ1n) is 9.35. The first kappa shape index (κ1) is 18.2. The molecule has 1 unspecified atom stereocenters. The molecule has 2 aliphatic rings. The number of amidine groups is 1. The molecule has 2 saturated heterocycles. The lowest BCUT2D eigenvalue weighted by Crippen LogP contribution is -2.47. The van der Waals surface area contributed by atoms with Gasteiger partial charge >= 0.3 is 6.03 Å². The Hall–Kier alpha value is -3.19. The Morgan fingerprint density at radius 1 is 0.929 bits per heavy atom. The van der Waals surface area contributed by atoms with E-state index in [4.69, 9.17) is 5.41 Å². The summed E-state index contributed by atoms with van der Waals surface area (Å²) in [5.41, 5.74) is 3.73. The summed E-state index contributed by atoms with van der Waals surface area (Å²) >= 11 is 0. The van der Waals surface area contributed by atoms with Crippen molar-refractivity contribution in [2.45, 2.75) is 6.04 Å². The van der Waals surface area contributed by atoms with Crippen molar-refractivity contribution in [2.75, 3.05) is 33.2 Å². The predicted molar refractivity (Wildman–Crippen MR) is 107 cm³/mol. The zero-order valence-corrected chi connectivity index (χ0v) is 15.7. The second-order valence-electron chi connectivity index (χ2n) is 7.23. The maximum Gasteiger partial charge on any atom is 0.322 e. The number of piperazine rings is 1. The van der Waals surface area contributed by atoms with E-state index in [2.05, 4.69) is 27.5 Å². The van der Waals surface area contributed by atoms with Crippen molar-refractivity contribution >= 4 is 17.8 Å². The summed E-state index contributed by atoms with van der Waals surface area (Å²) in [6, 6.07) is 14.5. The Kier molecular flexibility index (Phi) is 4.83. The average molecular weight is 377 g/mol. The number of benzene rings is 2. The van der Waals surface area contributed by atoms with Gasteiger partial charge in [0.15, 0.2) is 0 Å². The topological polar surface area (TPSA) is 88.5 Å². The Morgan fingerprint density at radius 2 is 1.50 bits per heavy atom. The lowest BCUT2D eigenvalue weighted by atomic mass is 9.99. The van der Waals surface area contributed by atoms with Crippen LogP contribution in [0.3, 0.4) is 0 Å². The van der Waals surface area contributed by atoms with Gasteiger partial charge in [-0.05, 0) is 23.7 Å². The molecule has 0 spiro atoms. The fourth-order valence-electron chi connectivity index (χ4n) is 3.55. The van der Waals surface area contributed by atoms with Crippen LogP contribution in [0.1, 0.15) is 17.2 Å². The van der Waals surface area contributed by atoms with Crippen LogP contribution in [0.5, 0.6) is 0 Å². The summed E-state index contributed by atoms with van der Waals surface area (Å²) in [4.78, 5) is 27.4. The summed E-state index contributed by atoms with van der Waals surface area (Å²) in [5, 5.41) is 13.3. The molecule has 3 N–H and O–H groups in total. The number of hydrogen-bond acceptors (Lipinski definition) is 4. The number of carbonyl (C=O) groups excluding carboxylic acids is 2. The minimum Gasteiger partial charge on any atom is -0.354 e. The van der Waals surface area contributed by atoms with E-state index in [-0.39, 0.29) is 5.91 Å². The molecule has 144 valence electrons. The van der Waals surface area contributed by atoms with Gasteiger partial charge in [0.05, 0.1) is 0 Å². The highest BCUT2D eigenvalue weighted by molar-refractivity contribution is 6.04. The second-order valence-corrected chi connectivity index (χ2v) is 7.23. The third-order valence-corrected chi connectivity index (χ3v) is 5.33. The zero-order valence-electron chi connectivity index (χ0n) is 15.7. The van der Waals surface area contributed by atoms with Crippen LogP contribution >= 0.6 is 0 Å². The van der Waals surface area contributed by atoms with Crippen LogP contribution in [0.4, 0.5) is 4.79 Å². The SMILES string of the molecule is CN1CCN(C(=N)c2ccc(-c3ccc(C4NC(=O)NC4=O)cc3)cc2)CC1. The van der Waals surface area contributed by atoms with Gasteiger partial charge in [0.1, 0.15) is 11.9 Å². The smallest absolute Gasteiger partial charge is 0.322 e. The molecule has 0 radical (unpaired) electrons. The average Bonchev–Trinajstić information content (AvgIpc) is 3.06. The zero-order chi connectivity index (χ0) is 19.7. The molecule has 3 amide bonds. The van der Waals surface area contributed by atoms with Crippen LogP contribution < -0.4 is 10.6 Å². The summed E-state index contributed by atoms with van der Waals surface area (Å²) < 4.78 is 0. The Morgan fingerprint density at radius 3 is 2.04 bits per heavy atom. The van der Waals surface area contributed by atoms with E-state index >= 15 is 0 Å². The van der Waals surface area contributed by atoms with E-state index in [1.54, 1.807) is 0 Å². The van der Waals surface area contributed by atoms with Crippen molar-refractivity contribution in [3.8, 4) is 11.1 Å². The number of rotatable bonds is 3. The minimum atomic E-state index is -0.631. The molecule has 0 saturated carbocycles. The molecule has 0 aromatic heterocycles. The van der Waals surface area contributed by atoms with E-state index in [0.717, 1.165) is 48.4 Å². The monoisotopic (exact) mass is 377 g/mol. The van der Waals surface area contributed by atoms with Crippen molar-refractivity contribution in [1.82, 2.24) is 20.4 Å². The van der Waals surface area contributed by atoms with Crippen LogP contribution in [0, 0.1) is 5.41 Å². The number of urea groups is 1. The van der Waals surface area contributed by atoms with Gasteiger partial charge in [-0.3, -0.25) is 15.5 Å². The molecule has 2 aromatic rings. The van der Waals surface area contributed by atoms with Crippen LogP contribution in [0.2, 0.25) is 0 Å². The van der Waals surface area contributed by atoms with Gasteiger partial charge in [0.2, 0.25) is 0 Å². The lowest BCUT2D eigenvalue weighted by molar-refractivity contribution is -0.120.